The van der Waals surface area contributed by atoms with Crippen LogP contribution in [0.5, 0.6) is 5.75 Å². The van der Waals surface area contributed by atoms with Crippen molar-refractivity contribution in [1.29, 1.82) is 0 Å². The van der Waals surface area contributed by atoms with Gasteiger partial charge in [-0.15, -0.1) is 0 Å². The van der Waals surface area contributed by atoms with Gasteiger partial charge >= 0.3 is 0 Å². The first-order chi connectivity index (χ1) is 19.5. The van der Waals surface area contributed by atoms with Gasteiger partial charge < -0.3 is 24.8 Å². The summed E-state index contributed by atoms with van der Waals surface area (Å²) in [5.74, 6) is 0.479. The maximum atomic E-state index is 12.7. The molecule has 212 valence electrons. The zero-order chi connectivity index (χ0) is 29.5. The molecule has 0 spiro atoms. The van der Waals surface area contributed by atoms with Gasteiger partial charge in [-0.1, -0.05) is 45.0 Å². The molecule has 2 N–H and O–H groups in total. The van der Waals surface area contributed by atoms with Gasteiger partial charge in [-0.25, -0.2) is 0 Å². The van der Waals surface area contributed by atoms with Crippen LogP contribution in [-0.2, 0) is 4.79 Å². The molecule has 3 heterocycles. The van der Waals surface area contributed by atoms with E-state index in [2.05, 4.69) is 71.2 Å². The molecule has 8 heteroatoms. The fourth-order valence-electron chi connectivity index (χ4n) is 5.46. The second-order valence-corrected chi connectivity index (χ2v) is 11.9. The molecule has 7 nitrogen and oxygen atoms in total. The SMILES string of the molecule is COc1cc(N2C(=S)N[C@H](c3ccccn3)[C@H]2c2cc(C)n(-c3ccccc3C)c2C)ccc1NC(=O)C(C)(C)C. The molecule has 1 fully saturated rings. The van der Waals surface area contributed by atoms with Gasteiger partial charge in [0.05, 0.1) is 30.6 Å². The monoisotopic (exact) mass is 567 g/mol. The summed E-state index contributed by atoms with van der Waals surface area (Å²) in [6.45, 7) is 12.1. The third-order valence-electron chi connectivity index (χ3n) is 7.64. The van der Waals surface area contributed by atoms with Crippen molar-refractivity contribution in [3.8, 4) is 11.4 Å². The lowest BCUT2D eigenvalue weighted by molar-refractivity contribution is -0.123. The first-order valence-corrected chi connectivity index (χ1v) is 14.2. The van der Waals surface area contributed by atoms with Gasteiger partial charge in [0, 0.05) is 40.4 Å². The molecule has 2 atom stereocenters. The number of thiocarbonyl (C=S) groups is 1. The van der Waals surface area contributed by atoms with Crippen LogP contribution in [0.4, 0.5) is 11.4 Å². The first kappa shape index (κ1) is 28.4. The highest BCUT2D eigenvalue weighted by molar-refractivity contribution is 7.80. The van der Waals surface area contributed by atoms with Crippen molar-refractivity contribution in [2.45, 2.75) is 53.6 Å². The number of pyridine rings is 1. The third kappa shape index (κ3) is 5.32. The number of methoxy groups -OCH3 is 1. The Balaban J connectivity index is 1.64. The number of amides is 1. The molecule has 0 saturated carbocycles. The number of benzene rings is 2. The van der Waals surface area contributed by atoms with Gasteiger partial charge in [0.2, 0.25) is 5.91 Å². The molecule has 4 aromatic rings. The Bertz CT molecular complexity index is 1610. The summed E-state index contributed by atoms with van der Waals surface area (Å²) in [7, 11) is 1.61. The summed E-state index contributed by atoms with van der Waals surface area (Å²) in [6.07, 6.45) is 1.81. The van der Waals surface area contributed by atoms with E-state index in [1.165, 1.54) is 5.56 Å². The minimum Gasteiger partial charge on any atom is -0.494 e. The highest BCUT2D eigenvalue weighted by Gasteiger charge is 2.42. The number of carbonyl (C=O) groups is 1. The number of nitrogens with one attached hydrogen (secondary N) is 2. The molecular formula is C33H37N5O2S. The van der Waals surface area contributed by atoms with E-state index in [1.807, 2.05) is 63.4 Å². The number of aryl methyl sites for hydroxylation is 2. The molecule has 0 bridgehead atoms. The van der Waals surface area contributed by atoms with Crippen molar-refractivity contribution in [2.75, 3.05) is 17.3 Å². The Hall–Kier alpha value is -4.17. The zero-order valence-corrected chi connectivity index (χ0v) is 25.5. The zero-order valence-electron chi connectivity index (χ0n) is 24.6. The summed E-state index contributed by atoms with van der Waals surface area (Å²) in [5, 5.41) is 7.16. The normalized spacial score (nSPS) is 17.0. The second kappa shape index (κ2) is 11.0. The molecule has 2 aromatic carbocycles. The lowest BCUT2D eigenvalue weighted by Crippen LogP contribution is -2.30. The topological polar surface area (TPSA) is 71.4 Å². The van der Waals surface area contributed by atoms with E-state index in [4.69, 9.17) is 21.9 Å². The maximum absolute atomic E-state index is 12.7. The van der Waals surface area contributed by atoms with Crippen LogP contribution in [0.3, 0.4) is 0 Å². The van der Waals surface area contributed by atoms with E-state index in [0.717, 1.165) is 34.0 Å². The van der Waals surface area contributed by atoms with Crippen LogP contribution >= 0.6 is 12.2 Å². The van der Waals surface area contributed by atoms with Gasteiger partial charge in [0.25, 0.3) is 0 Å². The molecule has 1 amide bonds. The number of rotatable bonds is 6. The Morgan fingerprint density at radius 1 is 1.02 bits per heavy atom. The lowest BCUT2D eigenvalue weighted by atomic mass is 9.95. The molecule has 0 aliphatic carbocycles. The first-order valence-electron chi connectivity index (χ1n) is 13.8. The largest absolute Gasteiger partial charge is 0.494 e. The Morgan fingerprint density at radius 2 is 1.76 bits per heavy atom. The number of ether oxygens (including phenoxy) is 1. The summed E-state index contributed by atoms with van der Waals surface area (Å²) >= 11 is 5.97. The third-order valence-corrected chi connectivity index (χ3v) is 7.95. The average Bonchev–Trinajstić information content (AvgIpc) is 3.44. The Morgan fingerprint density at radius 3 is 2.41 bits per heavy atom. The fraction of sp³-hybridized carbons (Fsp3) is 0.303. The van der Waals surface area contributed by atoms with E-state index in [9.17, 15) is 4.79 Å². The predicted molar refractivity (Wildman–Crippen MR) is 169 cm³/mol. The lowest BCUT2D eigenvalue weighted by Gasteiger charge is -2.29. The Kier molecular flexibility index (Phi) is 7.62. The van der Waals surface area contributed by atoms with Crippen molar-refractivity contribution < 1.29 is 9.53 Å². The minimum absolute atomic E-state index is 0.0846. The molecule has 1 saturated heterocycles. The van der Waals surface area contributed by atoms with Crippen molar-refractivity contribution in [2.24, 2.45) is 5.41 Å². The van der Waals surface area contributed by atoms with Crippen LogP contribution in [0.1, 0.15) is 61.1 Å². The standard InChI is InChI=1S/C33H37N5O2S/c1-20-12-8-9-14-27(20)37-21(2)18-24(22(37)3)30-29(26-13-10-11-17-34-26)36-32(41)38(30)23-15-16-25(28(19-23)40-7)35-31(39)33(4,5)6/h8-19,29-30H,1-7H3,(H,35,39)(H,36,41)/t29-,30-/m1/s1. The van der Waals surface area contributed by atoms with Crippen LogP contribution < -0.4 is 20.3 Å². The van der Waals surface area contributed by atoms with Gasteiger partial charge in [0.1, 0.15) is 5.75 Å². The molecule has 41 heavy (non-hydrogen) atoms. The number of carbonyl (C=O) groups excluding carboxylic acids is 1. The smallest absolute Gasteiger partial charge is 0.229 e. The van der Waals surface area contributed by atoms with E-state index in [-0.39, 0.29) is 18.0 Å². The number of aromatic nitrogens is 2. The van der Waals surface area contributed by atoms with Gasteiger partial charge in [-0.3, -0.25) is 9.78 Å². The van der Waals surface area contributed by atoms with Crippen LogP contribution in [0, 0.1) is 26.2 Å². The molecule has 5 rings (SSSR count). The fourth-order valence-corrected chi connectivity index (χ4v) is 5.81. The van der Waals surface area contributed by atoms with Crippen LogP contribution in [-0.4, -0.2) is 27.7 Å². The van der Waals surface area contributed by atoms with Crippen LogP contribution in [0.15, 0.2) is 72.9 Å². The van der Waals surface area contributed by atoms with Crippen LogP contribution in [0.2, 0.25) is 0 Å². The van der Waals surface area contributed by atoms with Crippen molar-refractivity contribution in [1.82, 2.24) is 14.9 Å². The van der Waals surface area contributed by atoms with E-state index in [1.54, 1.807) is 7.11 Å². The van der Waals surface area contributed by atoms with Gasteiger partial charge in [-0.2, -0.15) is 0 Å². The van der Waals surface area contributed by atoms with Crippen molar-refractivity contribution in [3.05, 3.63) is 101 Å². The summed E-state index contributed by atoms with van der Waals surface area (Å²) < 4.78 is 8.05. The van der Waals surface area contributed by atoms with Crippen molar-refractivity contribution >= 4 is 34.6 Å². The van der Waals surface area contributed by atoms with Gasteiger partial charge in [-0.05, 0) is 80.5 Å². The number of anilines is 2. The highest BCUT2D eigenvalue weighted by atomic mass is 32.1. The summed E-state index contributed by atoms with van der Waals surface area (Å²) in [5.41, 5.74) is 7.64. The molecule has 1 aliphatic rings. The number of hydrogen-bond acceptors (Lipinski definition) is 4. The molecule has 2 aromatic heterocycles. The summed E-state index contributed by atoms with van der Waals surface area (Å²) in [6, 6.07) is 22.0. The molecule has 0 unspecified atom stereocenters. The average molecular weight is 568 g/mol. The molecule has 0 radical (unpaired) electrons. The predicted octanol–water partition coefficient (Wildman–Crippen LogP) is 6.97. The second-order valence-electron chi connectivity index (χ2n) is 11.5. The number of nitrogens with zero attached hydrogens (tertiary/aromatic N) is 3. The van der Waals surface area contributed by atoms with Gasteiger partial charge in [0.15, 0.2) is 5.11 Å². The quantitative estimate of drug-likeness (QED) is 0.245. The molecular weight excluding hydrogens is 530 g/mol. The molecule has 1 aliphatic heterocycles. The highest BCUT2D eigenvalue weighted by Crippen LogP contribution is 2.45. The summed E-state index contributed by atoms with van der Waals surface area (Å²) in [4.78, 5) is 19.6. The van der Waals surface area contributed by atoms with Crippen molar-refractivity contribution in [3.63, 3.8) is 0 Å². The van der Waals surface area contributed by atoms with E-state index >= 15 is 0 Å². The number of para-hydroxylation sites is 1. The maximum Gasteiger partial charge on any atom is 0.229 e. The van der Waals surface area contributed by atoms with Crippen LogP contribution in [0.25, 0.3) is 5.69 Å². The number of hydrogen-bond donors (Lipinski definition) is 2. The van der Waals surface area contributed by atoms with E-state index < -0.39 is 5.41 Å². The Labute approximate surface area is 247 Å². The van der Waals surface area contributed by atoms with E-state index in [0.29, 0.717) is 16.5 Å². The minimum atomic E-state index is -0.537.